The van der Waals surface area contributed by atoms with Crippen molar-refractivity contribution in [3.63, 3.8) is 0 Å². The van der Waals surface area contributed by atoms with Crippen LogP contribution in [0.1, 0.15) is 17.1 Å². The van der Waals surface area contributed by atoms with Gasteiger partial charge in [-0.1, -0.05) is 6.07 Å². The number of epoxide rings is 1. The number of ether oxygens (including phenoxy) is 1. The van der Waals surface area contributed by atoms with Crippen LogP contribution in [-0.2, 0) is 4.74 Å². The fraction of sp³-hybridized carbons (Fsp3) is 0.556. The van der Waals surface area contributed by atoms with Crippen LogP contribution in [0, 0.1) is 0 Å². The molecule has 0 spiro atoms. The molecule has 2 rings (SSSR count). The average Bonchev–Trinajstić information content (AvgIpc) is 2.74. The molecule has 0 saturated carbocycles. The Morgan fingerprint density at radius 3 is 3.25 bits per heavy atom. The Bertz CT molecular complexity index is 229. The third-order valence-electron chi connectivity index (χ3n) is 1.88. The van der Waals surface area contributed by atoms with E-state index in [-0.39, 0.29) is 0 Å². The van der Waals surface area contributed by atoms with E-state index in [1.165, 1.54) is 4.88 Å². The molecule has 1 aromatic rings. The number of hydrogen-bond donors (Lipinski definition) is 0. The molecule has 0 amide bonds. The summed E-state index contributed by atoms with van der Waals surface area (Å²) in [5.41, 5.74) is 0. The molecule has 0 bridgehead atoms. The highest BCUT2D eigenvalue weighted by molar-refractivity contribution is 7.99. The minimum atomic E-state index is 0.553. The summed E-state index contributed by atoms with van der Waals surface area (Å²) in [5, 5.41) is 2.77. The van der Waals surface area contributed by atoms with Crippen LogP contribution in [0.4, 0.5) is 0 Å². The zero-order valence-electron chi connectivity index (χ0n) is 7.03. The van der Waals surface area contributed by atoms with E-state index in [9.17, 15) is 0 Å². The Balaban J connectivity index is 1.79. The second-order valence-electron chi connectivity index (χ2n) is 2.95. The summed E-state index contributed by atoms with van der Waals surface area (Å²) in [6, 6.07) is 4.32. The van der Waals surface area contributed by atoms with Gasteiger partial charge < -0.3 is 4.74 Å². The Labute approximate surface area is 81.1 Å². The minimum Gasteiger partial charge on any atom is -0.372 e. The maximum Gasteiger partial charge on any atom is 0.0900 e. The van der Waals surface area contributed by atoms with Crippen LogP contribution in [0.25, 0.3) is 0 Å². The van der Waals surface area contributed by atoms with E-state index in [1.54, 1.807) is 0 Å². The van der Waals surface area contributed by atoms with Gasteiger partial charge in [0.2, 0.25) is 0 Å². The summed E-state index contributed by atoms with van der Waals surface area (Å²) in [4.78, 5) is 1.47. The van der Waals surface area contributed by atoms with Gasteiger partial charge in [0.1, 0.15) is 0 Å². The second-order valence-corrected chi connectivity index (χ2v) is 5.30. The molecular weight excluding hydrogens is 188 g/mol. The first-order valence-electron chi connectivity index (χ1n) is 4.13. The standard InChI is InChI=1S/C9H12OS2/c1-7(9-3-2-4-11-9)12-6-8-5-10-8/h2-4,7-8H,5-6H2,1H3. The van der Waals surface area contributed by atoms with Gasteiger partial charge in [0, 0.05) is 15.9 Å². The smallest absolute Gasteiger partial charge is 0.0900 e. The fourth-order valence-corrected chi connectivity index (χ4v) is 2.99. The van der Waals surface area contributed by atoms with Crippen molar-refractivity contribution in [2.45, 2.75) is 18.3 Å². The van der Waals surface area contributed by atoms with E-state index < -0.39 is 0 Å². The monoisotopic (exact) mass is 200 g/mol. The van der Waals surface area contributed by atoms with Crippen LogP contribution in [0.5, 0.6) is 0 Å². The maximum absolute atomic E-state index is 5.16. The van der Waals surface area contributed by atoms with Crippen molar-refractivity contribution in [1.29, 1.82) is 0 Å². The highest BCUT2D eigenvalue weighted by Gasteiger charge is 2.23. The lowest BCUT2D eigenvalue weighted by Crippen LogP contribution is -1.92. The maximum atomic E-state index is 5.16. The van der Waals surface area contributed by atoms with Crippen LogP contribution in [0.15, 0.2) is 17.5 Å². The molecule has 0 aromatic carbocycles. The Kier molecular flexibility index (Phi) is 2.73. The third kappa shape index (κ3) is 2.25. The Morgan fingerprint density at radius 1 is 1.83 bits per heavy atom. The quantitative estimate of drug-likeness (QED) is 0.693. The van der Waals surface area contributed by atoms with Crippen molar-refractivity contribution in [2.75, 3.05) is 12.4 Å². The average molecular weight is 200 g/mol. The predicted molar refractivity (Wildman–Crippen MR) is 54.9 cm³/mol. The van der Waals surface area contributed by atoms with E-state index in [0.717, 1.165) is 12.4 Å². The molecule has 2 heterocycles. The first-order chi connectivity index (χ1) is 5.86. The summed E-state index contributed by atoms with van der Waals surface area (Å²) in [7, 11) is 0. The van der Waals surface area contributed by atoms with E-state index >= 15 is 0 Å². The van der Waals surface area contributed by atoms with E-state index in [1.807, 2.05) is 23.1 Å². The van der Waals surface area contributed by atoms with Crippen LogP contribution >= 0.6 is 23.1 Å². The van der Waals surface area contributed by atoms with Gasteiger partial charge in [-0.05, 0) is 18.4 Å². The van der Waals surface area contributed by atoms with Crippen molar-refractivity contribution < 1.29 is 4.74 Å². The normalized spacial score (nSPS) is 23.9. The molecule has 0 N–H and O–H groups in total. The second kappa shape index (κ2) is 3.81. The molecule has 2 atom stereocenters. The van der Waals surface area contributed by atoms with Gasteiger partial charge in [-0.25, -0.2) is 0 Å². The summed E-state index contributed by atoms with van der Waals surface area (Å²) >= 11 is 3.83. The van der Waals surface area contributed by atoms with Crippen molar-refractivity contribution >= 4 is 23.1 Å². The largest absolute Gasteiger partial charge is 0.372 e. The minimum absolute atomic E-state index is 0.553. The molecule has 0 radical (unpaired) electrons. The SMILES string of the molecule is CC(SCC1CO1)c1cccs1. The predicted octanol–water partition coefficient (Wildman–Crippen LogP) is 2.94. The van der Waals surface area contributed by atoms with E-state index in [2.05, 4.69) is 24.4 Å². The number of hydrogen-bond acceptors (Lipinski definition) is 3. The number of thiophene rings is 1. The number of thioether (sulfide) groups is 1. The molecule has 1 saturated heterocycles. The van der Waals surface area contributed by atoms with Gasteiger partial charge >= 0.3 is 0 Å². The summed E-state index contributed by atoms with van der Waals surface area (Å²) in [5.74, 6) is 1.15. The van der Waals surface area contributed by atoms with Gasteiger partial charge in [0.15, 0.2) is 0 Å². The van der Waals surface area contributed by atoms with E-state index in [4.69, 9.17) is 4.74 Å². The molecule has 1 nitrogen and oxygen atoms in total. The molecule has 12 heavy (non-hydrogen) atoms. The molecule has 1 fully saturated rings. The van der Waals surface area contributed by atoms with Crippen molar-refractivity contribution in [3.05, 3.63) is 22.4 Å². The zero-order valence-corrected chi connectivity index (χ0v) is 8.66. The van der Waals surface area contributed by atoms with Crippen LogP contribution in [0.3, 0.4) is 0 Å². The Morgan fingerprint density at radius 2 is 2.67 bits per heavy atom. The summed E-state index contributed by atoms with van der Waals surface area (Å²) < 4.78 is 5.16. The van der Waals surface area contributed by atoms with Crippen LogP contribution in [-0.4, -0.2) is 18.5 Å². The highest BCUT2D eigenvalue weighted by atomic mass is 32.2. The molecule has 1 aliphatic heterocycles. The van der Waals surface area contributed by atoms with Crippen molar-refractivity contribution in [1.82, 2.24) is 0 Å². The Hall–Kier alpha value is 0.01000. The van der Waals surface area contributed by atoms with Gasteiger partial charge in [-0.3, -0.25) is 0 Å². The van der Waals surface area contributed by atoms with Gasteiger partial charge in [0.25, 0.3) is 0 Å². The lowest BCUT2D eigenvalue weighted by Gasteiger charge is -2.06. The molecule has 3 heteroatoms. The van der Waals surface area contributed by atoms with Crippen LogP contribution < -0.4 is 0 Å². The fourth-order valence-electron chi connectivity index (χ4n) is 1.02. The molecule has 1 aromatic heterocycles. The molecular formula is C9H12OS2. The third-order valence-corrected chi connectivity index (χ3v) is 4.40. The lowest BCUT2D eigenvalue weighted by atomic mass is 10.4. The molecule has 1 aliphatic rings. The lowest BCUT2D eigenvalue weighted by molar-refractivity contribution is 0.426. The van der Waals surface area contributed by atoms with Crippen molar-refractivity contribution in [3.8, 4) is 0 Å². The number of rotatable bonds is 4. The zero-order chi connectivity index (χ0) is 8.39. The van der Waals surface area contributed by atoms with Crippen LogP contribution in [0.2, 0.25) is 0 Å². The van der Waals surface area contributed by atoms with Gasteiger partial charge in [-0.2, -0.15) is 11.8 Å². The topological polar surface area (TPSA) is 12.5 Å². The molecule has 66 valence electrons. The summed E-state index contributed by atoms with van der Waals surface area (Å²) in [6.07, 6.45) is 0.553. The summed E-state index contributed by atoms with van der Waals surface area (Å²) in [6.45, 7) is 3.24. The van der Waals surface area contributed by atoms with Gasteiger partial charge in [0.05, 0.1) is 12.7 Å². The van der Waals surface area contributed by atoms with E-state index in [0.29, 0.717) is 11.4 Å². The van der Waals surface area contributed by atoms with Crippen molar-refractivity contribution in [2.24, 2.45) is 0 Å². The first kappa shape index (κ1) is 8.60. The molecule has 0 aliphatic carbocycles. The molecule has 2 unspecified atom stereocenters. The van der Waals surface area contributed by atoms with Gasteiger partial charge in [-0.15, -0.1) is 11.3 Å². The first-order valence-corrected chi connectivity index (χ1v) is 6.05. The highest BCUT2D eigenvalue weighted by Crippen LogP contribution is 2.33.